The molecular weight excluding hydrogens is 617 g/mol. The topological polar surface area (TPSA) is 84.9 Å². The Morgan fingerprint density at radius 2 is 1.26 bits per heavy atom. The molecule has 0 bridgehead atoms. The number of hydrogen-bond acceptors (Lipinski definition) is 8. The quantitative estimate of drug-likeness (QED) is 0.335. The average Bonchev–Trinajstić information content (AvgIpc) is 3.83. The lowest BCUT2D eigenvalue weighted by Crippen LogP contribution is -2.49. The molecule has 0 radical (unpaired) electrons. The molecule has 2 amide bonds. The van der Waals surface area contributed by atoms with Gasteiger partial charge in [-0.05, 0) is 129 Å². The first-order chi connectivity index (χ1) is 22.7. The van der Waals surface area contributed by atoms with E-state index in [4.69, 9.17) is 9.47 Å². The zero-order valence-electron chi connectivity index (χ0n) is 27.2. The zero-order chi connectivity index (χ0) is 31.3. The first kappa shape index (κ1) is 32.4. The molecule has 2 saturated carbocycles. The lowest BCUT2D eigenvalue weighted by atomic mass is 9.78. The van der Waals surface area contributed by atoms with Gasteiger partial charge in [-0.1, -0.05) is 31.8 Å². The maximum Gasteiger partial charge on any atom is 0.273 e. The molecular formula is C36H50N4O4S2. The SMILES string of the molecule is O=C(c1cc(C2=CCOCC2)sn1)N1CCC[C@@H]2CCCC[C@@H]21.O=C(c1cc(C2CCOCC2)sn1)N1CCC[C@@H]2CCCC[C@@H]21. The van der Waals surface area contributed by atoms with E-state index >= 15 is 0 Å². The molecule has 6 aliphatic rings. The van der Waals surface area contributed by atoms with Gasteiger partial charge in [0.25, 0.3) is 11.8 Å². The van der Waals surface area contributed by atoms with Crippen molar-refractivity contribution < 1.29 is 19.1 Å². The van der Waals surface area contributed by atoms with E-state index in [-0.39, 0.29) is 11.8 Å². The Hall–Kier alpha value is -2.14. The molecule has 0 aromatic carbocycles. The monoisotopic (exact) mass is 666 g/mol. The van der Waals surface area contributed by atoms with Crippen molar-refractivity contribution in [3.8, 4) is 0 Å². The number of fused-ring (bicyclic) bond motifs is 2. The van der Waals surface area contributed by atoms with Gasteiger partial charge in [0.15, 0.2) is 0 Å². The summed E-state index contributed by atoms with van der Waals surface area (Å²) < 4.78 is 19.8. The smallest absolute Gasteiger partial charge is 0.273 e. The van der Waals surface area contributed by atoms with Crippen LogP contribution < -0.4 is 0 Å². The Balaban J connectivity index is 0.000000147. The number of carbonyl (C=O) groups is 2. The standard InChI is InChI=1S/C18H26N2O2S.C18H24N2O2S/c2*21-18(20-9-3-5-13-4-1-2-6-16(13)20)15-12-17(23-19-15)14-7-10-22-11-8-14/h12-14,16H,1-11H2;7,12-13,16H,1-6,8-11H2/t2*13-,16-/m00/s1. The summed E-state index contributed by atoms with van der Waals surface area (Å²) in [5, 5.41) is 0. The summed E-state index contributed by atoms with van der Waals surface area (Å²) in [6.45, 7) is 4.94. The maximum absolute atomic E-state index is 13.0. The summed E-state index contributed by atoms with van der Waals surface area (Å²) in [5.74, 6) is 2.31. The number of aromatic nitrogens is 2. The third-order valence-corrected chi connectivity index (χ3v) is 13.2. The van der Waals surface area contributed by atoms with E-state index in [0.717, 1.165) is 81.7 Å². The van der Waals surface area contributed by atoms with Crippen molar-refractivity contribution in [2.24, 2.45) is 11.8 Å². The molecule has 0 spiro atoms. The van der Waals surface area contributed by atoms with Crippen LogP contribution >= 0.6 is 23.1 Å². The summed E-state index contributed by atoms with van der Waals surface area (Å²) in [6, 6.07) is 4.99. The molecule has 0 N–H and O–H groups in total. The fourth-order valence-corrected chi connectivity index (χ4v) is 10.6. The number of likely N-dealkylation sites (tertiary alicyclic amines) is 2. The van der Waals surface area contributed by atoms with Gasteiger partial charge in [0.05, 0.1) is 18.1 Å². The number of piperidine rings is 2. The van der Waals surface area contributed by atoms with Crippen LogP contribution in [0.4, 0.5) is 0 Å². The number of rotatable bonds is 4. The summed E-state index contributed by atoms with van der Waals surface area (Å²) in [4.78, 5) is 32.7. The second-order valence-electron chi connectivity index (χ2n) is 14.1. The second-order valence-corrected chi connectivity index (χ2v) is 15.8. The highest BCUT2D eigenvalue weighted by Crippen LogP contribution is 2.38. The van der Waals surface area contributed by atoms with Crippen LogP contribution in [0.2, 0.25) is 0 Å². The van der Waals surface area contributed by atoms with Crippen LogP contribution in [0.5, 0.6) is 0 Å². The molecule has 4 aliphatic heterocycles. The minimum atomic E-state index is 0.150. The van der Waals surface area contributed by atoms with Crippen molar-refractivity contribution in [1.82, 2.24) is 18.5 Å². The lowest BCUT2D eigenvalue weighted by Gasteiger charge is -2.43. The van der Waals surface area contributed by atoms with Gasteiger partial charge in [-0.2, -0.15) is 8.75 Å². The molecule has 5 fully saturated rings. The minimum absolute atomic E-state index is 0.150. The Morgan fingerprint density at radius 1 is 0.674 bits per heavy atom. The average molecular weight is 667 g/mol. The molecule has 6 heterocycles. The molecule has 8 nitrogen and oxygen atoms in total. The fraction of sp³-hybridized carbons (Fsp3) is 0.722. The Labute approximate surface area is 282 Å². The highest BCUT2D eigenvalue weighted by atomic mass is 32.1. The molecule has 2 aromatic rings. The number of amides is 2. The first-order valence-corrected chi connectivity index (χ1v) is 19.6. The van der Waals surface area contributed by atoms with Crippen LogP contribution in [0.15, 0.2) is 18.2 Å². The summed E-state index contributed by atoms with van der Waals surface area (Å²) in [7, 11) is 0. The summed E-state index contributed by atoms with van der Waals surface area (Å²) in [6.07, 6.45) is 20.2. The largest absolute Gasteiger partial charge is 0.381 e. The fourth-order valence-electron chi connectivity index (χ4n) is 8.89. The Morgan fingerprint density at radius 3 is 1.89 bits per heavy atom. The lowest BCUT2D eigenvalue weighted by molar-refractivity contribution is 0.0381. The highest BCUT2D eigenvalue weighted by molar-refractivity contribution is 7.07. The van der Waals surface area contributed by atoms with Crippen molar-refractivity contribution in [3.05, 3.63) is 39.4 Å². The van der Waals surface area contributed by atoms with E-state index in [0.29, 0.717) is 36.0 Å². The van der Waals surface area contributed by atoms with Gasteiger partial charge in [0.1, 0.15) is 11.4 Å². The predicted molar refractivity (Wildman–Crippen MR) is 182 cm³/mol. The van der Waals surface area contributed by atoms with E-state index in [2.05, 4.69) is 30.7 Å². The van der Waals surface area contributed by atoms with Crippen LogP contribution in [0.1, 0.15) is 133 Å². The van der Waals surface area contributed by atoms with Gasteiger partial charge in [0.2, 0.25) is 0 Å². The molecule has 250 valence electrons. The van der Waals surface area contributed by atoms with Gasteiger partial charge in [-0.25, -0.2) is 0 Å². The van der Waals surface area contributed by atoms with Gasteiger partial charge in [-0.3, -0.25) is 9.59 Å². The van der Waals surface area contributed by atoms with Gasteiger partial charge in [0, 0.05) is 43.3 Å². The molecule has 2 aromatic heterocycles. The number of nitrogens with zero attached hydrogens (tertiary/aromatic N) is 4. The van der Waals surface area contributed by atoms with E-state index in [1.165, 1.54) is 97.7 Å². The normalized spacial score (nSPS) is 28.7. The van der Waals surface area contributed by atoms with E-state index in [1.54, 1.807) is 0 Å². The number of carbonyl (C=O) groups excluding carboxylic acids is 2. The molecule has 46 heavy (non-hydrogen) atoms. The Bertz CT molecular complexity index is 1360. The summed E-state index contributed by atoms with van der Waals surface area (Å²) in [5.41, 5.74) is 2.60. The van der Waals surface area contributed by atoms with E-state index < -0.39 is 0 Å². The van der Waals surface area contributed by atoms with Gasteiger partial charge >= 0.3 is 0 Å². The Kier molecular flexibility index (Phi) is 10.8. The summed E-state index contributed by atoms with van der Waals surface area (Å²) >= 11 is 2.98. The van der Waals surface area contributed by atoms with Crippen molar-refractivity contribution >= 4 is 40.5 Å². The number of hydrogen-bond donors (Lipinski definition) is 0. The van der Waals surface area contributed by atoms with Gasteiger partial charge < -0.3 is 19.3 Å². The van der Waals surface area contributed by atoms with Crippen LogP contribution in [0, 0.1) is 11.8 Å². The van der Waals surface area contributed by atoms with Crippen LogP contribution in [-0.4, -0.2) is 82.0 Å². The molecule has 8 rings (SSSR count). The third-order valence-electron chi connectivity index (χ3n) is 11.4. The van der Waals surface area contributed by atoms with E-state index in [1.807, 2.05) is 6.07 Å². The zero-order valence-corrected chi connectivity index (χ0v) is 28.8. The van der Waals surface area contributed by atoms with Crippen LogP contribution in [0.25, 0.3) is 5.57 Å². The van der Waals surface area contributed by atoms with E-state index in [9.17, 15) is 9.59 Å². The molecule has 0 unspecified atom stereocenters. The van der Waals surface area contributed by atoms with Crippen molar-refractivity contribution in [2.75, 3.05) is 39.5 Å². The van der Waals surface area contributed by atoms with Crippen LogP contribution in [0.3, 0.4) is 0 Å². The molecule has 10 heteroatoms. The minimum Gasteiger partial charge on any atom is -0.381 e. The predicted octanol–water partition coefficient (Wildman–Crippen LogP) is 7.57. The van der Waals surface area contributed by atoms with Gasteiger partial charge in [-0.15, -0.1) is 0 Å². The van der Waals surface area contributed by atoms with Crippen molar-refractivity contribution in [2.45, 2.75) is 114 Å². The van der Waals surface area contributed by atoms with Crippen molar-refractivity contribution in [3.63, 3.8) is 0 Å². The molecule has 4 atom stereocenters. The molecule has 2 aliphatic carbocycles. The first-order valence-electron chi connectivity index (χ1n) is 18.1. The maximum atomic E-state index is 13.0. The highest BCUT2D eigenvalue weighted by Gasteiger charge is 2.38. The number of ether oxygens (including phenoxy) is 2. The molecule has 3 saturated heterocycles. The van der Waals surface area contributed by atoms with Crippen molar-refractivity contribution in [1.29, 1.82) is 0 Å². The van der Waals surface area contributed by atoms with Crippen LogP contribution in [-0.2, 0) is 9.47 Å². The second kappa shape index (κ2) is 15.4. The third kappa shape index (κ3) is 7.30.